The van der Waals surface area contributed by atoms with Gasteiger partial charge in [-0.15, -0.1) is 0 Å². The van der Waals surface area contributed by atoms with Crippen LogP contribution < -0.4 is 5.32 Å². The molecule has 0 bridgehead atoms. The third-order valence-corrected chi connectivity index (χ3v) is 2.67. The van der Waals surface area contributed by atoms with Gasteiger partial charge in [0.05, 0.1) is 0 Å². The lowest BCUT2D eigenvalue weighted by Crippen LogP contribution is -2.10. The molecule has 0 spiro atoms. The maximum absolute atomic E-state index is 10.6. The number of aromatic nitrogens is 2. The van der Waals surface area contributed by atoms with Gasteiger partial charge in [-0.1, -0.05) is 6.92 Å². The van der Waals surface area contributed by atoms with Crippen LogP contribution in [0.1, 0.15) is 23.8 Å². The molecular formula is C10H13N3O2. The normalized spacial score (nSPS) is 23.5. The van der Waals surface area contributed by atoms with Crippen LogP contribution in [-0.4, -0.2) is 27.6 Å². The first kappa shape index (κ1) is 9.89. The fourth-order valence-electron chi connectivity index (χ4n) is 1.47. The third-order valence-electron chi connectivity index (χ3n) is 2.67. The van der Waals surface area contributed by atoms with Crippen molar-refractivity contribution in [2.24, 2.45) is 11.8 Å². The van der Waals surface area contributed by atoms with E-state index in [9.17, 15) is 4.79 Å². The average Bonchev–Trinajstić information content (AvgIpc) is 2.92. The van der Waals surface area contributed by atoms with E-state index >= 15 is 0 Å². The topological polar surface area (TPSA) is 75.1 Å². The van der Waals surface area contributed by atoms with Crippen molar-refractivity contribution < 1.29 is 9.90 Å². The van der Waals surface area contributed by atoms with Crippen molar-refractivity contribution in [3.63, 3.8) is 0 Å². The monoisotopic (exact) mass is 207 g/mol. The van der Waals surface area contributed by atoms with Crippen LogP contribution in [0.2, 0.25) is 0 Å². The SMILES string of the molecule is CC1CC1CNc1nccc(C(=O)O)n1. The summed E-state index contributed by atoms with van der Waals surface area (Å²) in [6, 6.07) is 1.38. The quantitative estimate of drug-likeness (QED) is 0.777. The molecule has 5 nitrogen and oxygen atoms in total. The Kier molecular flexibility index (Phi) is 2.53. The van der Waals surface area contributed by atoms with E-state index in [0.717, 1.165) is 12.5 Å². The van der Waals surface area contributed by atoms with Crippen molar-refractivity contribution in [3.8, 4) is 0 Å². The van der Waals surface area contributed by atoms with E-state index in [2.05, 4.69) is 22.2 Å². The number of anilines is 1. The molecule has 1 aromatic rings. The zero-order chi connectivity index (χ0) is 10.8. The Bertz CT molecular complexity index is 381. The Morgan fingerprint density at radius 2 is 2.47 bits per heavy atom. The van der Waals surface area contributed by atoms with Crippen LogP contribution in [0.3, 0.4) is 0 Å². The van der Waals surface area contributed by atoms with Gasteiger partial charge in [0.1, 0.15) is 0 Å². The largest absolute Gasteiger partial charge is 0.477 e. The van der Waals surface area contributed by atoms with Crippen LogP contribution in [0.4, 0.5) is 5.95 Å². The highest BCUT2D eigenvalue weighted by molar-refractivity contribution is 5.85. The van der Waals surface area contributed by atoms with Crippen LogP contribution in [0.15, 0.2) is 12.3 Å². The van der Waals surface area contributed by atoms with Gasteiger partial charge in [0.25, 0.3) is 0 Å². The number of rotatable bonds is 4. The van der Waals surface area contributed by atoms with Crippen molar-refractivity contribution in [1.29, 1.82) is 0 Å². The minimum Gasteiger partial charge on any atom is -0.477 e. The van der Waals surface area contributed by atoms with Crippen molar-refractivity contribution in [2.45, 2.75) is 13.3 Å². The summed E-state index contributed by atoms with van der Waals surface area (Å²) in [5.74, 6) is 0.816. The van der Waals surface area contributed by atoms with E-state index < -0.39 is 5.97 Å². The molecule has 2 unspecified atom stereocenters. The summed E-state index contributed by atoms with van der Waals surface area (Å²) in [7, 11) is 0. The predicted octanol–water partition coefficient (Wildman–Crippen LogP) is 1.24. The number of hydrogen-bond acceptors (Lipinski definition) is 4. The Hall–Kier alpha value is -1.65. The molecule has 0 saturated heterocycles. The Balaban J connectivity index is 1.95. The first-order chi connectivity index (χ1) is 7.16. The molecule has 15 heavy (non-hydrogen) atoms. The summed E-state index contributed by atoms with van der Waals surface area (Å²) < 4.78 is 0. The van der Waals surface area contributed by atoms with E-state index in [4.69, 9.17) is 5.11 Å². The molecule has 80 valence electrons. The molecule has 0 radical (unpaired) electrons. The zero-order valence-corrected chi connectivity index (χ0v) is 8.47. The predicted molar refractivity (Wildman–Crippen MR) is 54.8 cm³/mol. The highest BCUT2D eigenvalue weighted by Crippen LogP contribution is 2.37. The van der Waals surface area contributed by atoms with Crippen LogP contribution in [0, 0.1) is 11.8 Å². The summed E-state index contributed by atoms with van der Waals surface area (Å²) in [5.41, 5.74) is 0.0244. The Morgan fingerprint density at radius 1 is 1.73 bits per heavy atom. The van der Waals surface area contributed by atoms with Crippen molar-refractivity contribution >= 4 is 11.9 Å². The molecule has 2 N–H and O–H groups in total. The highest BCUT2D eigenvalue weighted by atomic mass is 16.4. The Labute approximate surface area is 87.6 Å². The second-order valence-electron chi connectivity index (χ2n) is 3.92. The van der Waals surface area contributed by atoms with Gasteiger partial charge in [-0.2, -0.15) is 0 Å². The second-order valence-corrected chi connectivity index (χ2v) is 3.92. The maximum atomic E-state index is 10.6. The van der Waals surface area contributed by atoms with E-state index in [-0.39, 0.29) is 5.69 Å². The lowest BCUT2D eigenvalue weighted by atomic mass is 10.3. The molecule has 1 aromatic heterocycles. The highest BCUT2D eigenvalue weighted by Gasteiger charge is 2.32. The fraction of sp³-hybridized carbons (Fsp3) is 0.500. The van der Waals surface area contributed by atoms with Crippen LogP contribution >= 0.6 is 0 Å². The zero-order valence-electron chi connectivity index (χ0n) is 8.47. The number of aromatic carboxylic acids is 1. The van der Waals surface area contributed by atoms with Gasteiger partial charge in [-0.3, -0.25) is 0 Å². The fourth-order valence-corrected chi connectivity index (χ4v) is 1.47. The molecule has 1 saturated carbocycles. The van der Waals surface area contributed by atoms with E-state index in [0.29, 0.717) is 11.9 Å². The Morgan fingerprint density at radius 3 is 3.07 bits per heavy atom. The van der Waals surface area contributed by atoms with E-state index in [1.807, 2.05) is 0 Å². The van der Waals surface area contributed by atoms with Crippen LogP contribution in [0.25, 0.3) is 0 Å². The summed E-state index contributed by atoms with van der Waals surface area (Å²) in [4.78, 5) is 18.5. The molecule has 1 aliphatic rings. The van der Waals surface area contributed by atoms with E-state index in [1.54, 1.807) is 0 Å². The molecule has 0 aromatic carbocycles. The standard InChI is InChI=1S/C10H13N3O2/c1-6-4-7(6)5-12-10-11-3-2-8(13-10)9(14)15/h2-3,6-7H,4-5H2,1H3,(H,14,15)(H,11,12,13). The van der Waals surface area contributed by atoms with Gasteiger partial charge in [0, 0.05) is 12.7 Å². The number of carboxylic acid groups (broad SMARTS) is 1. The van der Waals surface area contributed by atoms with Gasteiger partial charge in [0.15, 0.2) is 5.69 Å². The third kappa shape index (κ3) is 2.43. The van der Waals surface area contributed by atoms with Gasteiger partial charge >= 0.3 is 5.97 Å². The molecule has 2 atom stereocenters. The number of hydrogen-bond donors (Lipinski definition) is 2. The minimum atomic E-state index is -1.03. The first-order valence-corrected chi connectivity index (χ1v) is 4.97. The summed E-state index contributed by atoms with van der Waals surface area (Å²) >= 11 is 0. The van der Waals surface area contributed by atoms with Crippen LogP contribution in [0.5, 0.6) is 0 Å². The average molecular weight is 207 g/mol. The number of carboxylic acids is 1. The minimum absolute atomic E-state index is 0.0244. The molecule has 0 amide bonds. The number of nitrogens with one attached hydrogen (secondary N) is 1. The van der Waals surface area contributed by atoms with Gasteiger partial charge in [0.2, 0.25) is 5.95 Å². The number of carbonyl (C=O) groups is 1. The van der Waals surface area contributed by atoms with Gasteiger partial charge in [-0.25, -0.2) is 14.8 Å². The molecule has 1 aliphatic carbocycles. The van der Waals surface area contributed by atoms with Crippen molar-refractivity contribution in [3.05, 3.63) is 18.0 Å². The van der Waals surface area contributed by atoms with Crippen LogP contribution in [-0.2, 0) is 0 Å². The summed E-state index contributed by atoms with van der Waals surface area (Å²) in [5, 5.41) is 11.8. The molecular weight excluding hydrogens is 194 g/mol. The van der Waals surface area contributed by atoms with Gasteiger partial charge < -0.3 is 10.4 Å². The molecule has 5 heteroatoms. The smallest absolute Gasteiger partial charge is 0.354 e. The maximum Gasteiger partial charge on any atom is 0.354 e. The first-order valence-electron chi connectivity index (χ1n) is 4.97. The second kappa shape index (κ2) is 3.84. The summed E-state index contributed by atoms with van der Waals surface area (Å²) in [6.07, 6.45) is 2.68. The van der Waals surface area contributed by atoms with Gasteiger partial charge in [-0.05, 0) is 24.3 Å². The van der Waals surface area contributed by atoms with Crippen molar-refractivity contribution in [2.75, 3.05) is 11.9 Å². The lowest BCUT2D eigenvalue weighted by molar-refractivity contribution is 0.0690. The molecule has 1 fully saturated rings. The molecule has 0 aliphatic heterocycles. The van der Waals surface area contributed by atoms with E-state index in [1.165, 1.54) is 18.7 Å². The number of nitrogens with zero attached hydrogens (tertiary/aromatic N) is 2. The molecule has 1 heterocycles. The summed E-state index contributed by atoms with van der Waals surface area (Å²) in [6.45, 7) is 3.02. The van der Waals surface area contributed by atoms with Crippen molar-refractivity contribution in [1.82, 2.24) is 9.97 Å². The lowest BCUT2D eigenvalue weighted by Gasteiger charge is -2.03. The molecule has 2 rings (SSSR count).